The molecule has 3 N–H and O–H groups in total. The molecule has 0 radical (unpaired) electrons. The normalized spacial score (nSPS) is 17.7. The van der Waals surface area contributed by atoms with Crippen LogP contribution >= 0.6 is 0 Å². The Balaban J connectivity index is 0.000000529. The van der Waals surface area contributed by atoms with Gasteiger partial charge < -0.3 is 28.4 Å². The maximum Gasteiger partial charge on any atom is 2.00 e. The number of carbonyl (C=O) groups excluding carboxylic acids is 1. The van der Waals surface area contributed by atoms with Gasteiger partial charge in [0.15, 0.2) is 5.76 Å². The number of nitrogens with one attached hydrogen (secondary N) is 1. The van der Waals surface area contributed by atoms with Gasteiger partial charge in [-0.05, 0) is 17.3 Å². The Kier molecular flexibility index (Phi) is 10.7. The first-order chi connectivity index (χ1) is 10.1. The number of amidine groups is 1. The molecular weight excluding hydrogens is 395 g/mol. The summed E-state index contributed by atoms with van der Waals surface area (Å²) in [6.45, 7) is 0.858. The predicted octanol–water partition coefficient (Wildman–Crippen LogP) is 1.35. The molecule has 2 rings (SSSR count). The molecule has 0 unspecified atom stereocenters. The monoisotopic (exact) mass is 410 g/mol. The number of hydrazone groups is 1. The second-order valence-corrected chi connectivity index (χ2v) is 4.16. The Labute approximate surface area is 149 Å². The summed E-state index contributed by atoms with van der Waals surface area (Å²) in [5.74, 6) is 0.0616. The zero-order valence-electron chi connectivity index (χ0n) is 11.8. The molecule has 0 bridgehead atoms. The molecule has 0 aromatic heterocycles. The third-order valence-corrected chi connectivity index (χ3v) is 2.36. The third kappa shape index (κ3) is 7.79. The van der Waals surface area contributed by atoms with Crippen LogP contribution in [-0.2, 0) is 42.6 Å². The first-order valence-electron chi connectivity index (χ1n) is 6.06. The van der Waals surface area contributed by atoms with Crippen molar-refractivity contribution < 1.29 is 30.0 Å². The van der Waals surface area contributed by atoms with Crippen molar-refractivity contribution in [2.45, 2.75) is 0 Å². The van der Waals surface area contributed by atoms with Gasteiger partial charge in [-0.2, -0.15) is 11.3 Å². The van der Waals surface area contributed by atoms with Crippen molar-refractivity contribution in [3.8, 4) is 0 Å². The largest absolute Gasteiger partial charge is 2.00 e. The molecule has 0 amide bonds. The van der Waals surface area contributed by atoms with Gasteiger partial charge in [0, 0.05) is 11.8 Å². The van der Waals surface area contributed by atoms with E-state index in [1.54, 1.807) is 24.4 Å². The summed E-state index contributed by atoms with van der Waals surface area (Å²) in [5.41, 5.74) is 8.03. The molecular formula is C14H16N4O2PdS. The first kappa shape index (κ1) is 20.1. The molecule has 0 saturated carbocycles. The summed E-state index contributed by atoms with van der Waals surface area (Å²) < 4.78 is 4.87. The Morgan fingerprint density at radius 2 is 2.27 bits per heavy atom. The minimum atomic E-state index is -0.217. The van der Waals surface area contributed by atoms with Gasteiger partial charge in [-0.25, -0.2) is 0 Å². The third-order valence-electron chi connectivity index (χ3n) is 2.27. The number of rotatable bonds is 3. The molecule has 120 valence electrons. The van der Waals surface area contributed by atoms with Crippen molar-refractivity contribution in [1.29, 1.82) is 0 Å². The molecule has 0 aromatic carbocycles. The minimum absolute atomic E-state index is 0. The molecule has 2 aliphatic rings. The Morgan fingerprint density at radius 3 is 2.73 bits per heavy atom. The Bertz CT molecular complexity index is 535. The average Bonchev–Trinajstić information content (AvgIpc) is 2.51. The summed E-state index contributed by atoms with van der Waals surface area (Å²) in [6.07, 6.45) is 14.1. The molecule has 6 nitrogen and oxygen atoms in total. The zero-order valence-corrected chi connectivity index (χ0v) is 14.2. The van der Waals surface area contributed by atoms with Crippen LogP contribution in [0.15, 0.2) is 65.3 Å². The maximum atomic E-state index is 11.6. The van der Waals surface area contributed by atoms with E-state index in [-0.39, 0.29) is 37.1 Å². The quantitative estimate of drug-likeness (QED) is 0.183. The number of hydrogen-bond acceptors (Lipinski definition) is 5. The van der Waals surface area contributed by atoms with Gasteiger partial charge in [0.25, 0.3) is 0 Å². The van der Waals surface area contributed by atoms with Gasteiger partial charge in [-0.15, -0.1) is 12.6 Å². The fourth-order valence-electron chi connectivity index (χ4n) is 1.34. The van der Waals surface area contributed by atoms with E-state index in [1.165, 1.54) is 13.3 Å². The van der Waals surface area contributed by atoms with Gasteiger partial charge in [0.1, 0.15) is 0 Å². The van der Waals surface area contributed by atoms with Crippen molar-refractivity contribution in [3.05, 3.63) is 65.5 Å². The number of methoxy groups -OCH3 is 1. The van der Waals surface area contributed by atoms with E-state index in [2.05, 4.69) is 28.5 Å². The van der Waals surface area contributed by atoms with Crippen molar-refractivity contribution in [2.24, 2.45) is 10.8 Å². The number of ketones is 1. The van der Waals surface area contributed by atoms with Crippen LogP contribution in [0, 0.1) is 0 Å². The van der Waals surface area contributed by atoms with Crippen LogP contribution in [-0.4, -0.2) is 24.6 Å². The smallest absolute Gasteiger partial charge is 0.741 e. The number of nitrogens with two attached hydrogens (primary N) is 1. The topological polar surface area (TPSA) is 90.8 Å². The minimum Gasteiger partial charge on any atom is -0.741 e. The molecule has 1 aliphatic carbocycles. The van der Waals surface area contributed by atoms with Gasteiger partial charge in [-0.3, -0.25) is 10.2 Å². The van der Waals surface area contributed by atoms with Crippen LogP contribution in [0.25, 0.3) is 5.32 Å². The Morgan fingerprint density at radius 1 is 1.50 bits per heavy atom. The van der Waals surface area contributed by atoms with Crippen LogP contribution in [0.2, 0.25) is 0 Å². The fourth-order valence-corrected chi connectivity index (χ4v) is 1.40. The Hall–Kier alpha value is -1.88. The molecule has 0 fully saturated rings. The van der Waals surface area contributed by atoms with Crippen molar-refractivity contribution in [3.63, 3.8) is 0 Å². The molecule has 22 heavy (non-hydrogen) atoms. The van der Waals surface area contributed by atoms with Crippen LogP contribution in [0.5, 0.6) is 0 Å². The number of carbonyl (C=O) groups is 1. The standard InChI is InChI=1S/C9H11N3O2S.C5H6N.Pd/c1-14-7-4-2-3-6(8(7)13)5-11-12-9(10)15;1-2-4-6-5-3-1;/h2-5,11H,1H3,(H3,10,12,15);1-4H,5H2;/q;-1;+2/p-1. The van der Waals surface area contributed by atoms with E-state index in [0.29, 0.717) is 5.57 Å². The van der Waals surface area contributed by atoms with Crippen LogP contribution in [0.3, 0.4) is 0 Å². The van der Waals surface area contributed by atoms with Gasteiger partial charge in [-0.1, -0.05) is 18.2 Å². The van der Waals surface area contributed by atoms with Crippen LogP contribution in [0.4, 0.5) is 0 Å². The number of hydrogen-bond donors (Lipinski definition) is 2. The summed E-state index contributed by atoms with van der Waals surface area (Å²) in [4.78, 5) is 11.6. The molecule has 0 atom stereocenters. The van der Waals surface area contributed by atoms with Crippen molar-refractivity contribution in [1.82, 2.24) is 5.43 Å². The number of nitrogens with zero attached hydrogens (tertiary/aromatic N) is 2. The van der Waals surface area contributed by atoms with Crippen molar-refractivity contribution in [2.75, 3.05) is 13.7 Å². The van der Waals surface area contributed by atoms with Gasteiger partial charge in [0.05, 0.1) is 7.11 Å². The van der Waals surface area contributed by atoms with E-state index in [4.69, 9.17) is 10.5 Å². The summed E-state index contributed by atoms with van der Waals surface area (Å²) >= 11 is 4.52. The molecule has 8 heteroatoms. The van der Waals surface area contributed by atoms with Gasteiger partial charge >= 0.3 is 20.4 Å². The maximum absolute atomic E-state index is 11.6. The number of ether oxygens (including phenoxy) is 1. The summed E-state index contributed by atoms with van der Waals surface area (Å²) in [7, 11) is 1.44. The zero-order chi connectivity index (χ0) is 15.5. The second-order valence-electron chi connectivity index (χ2n) is 3.74. The molecule has 0 aromatic rings. The SMILES string of the molecule is C1=CC[N-]C=C1.COC1=CC=CC(=CNN=C(N)[S-])C1=O.[Pd+2]. The van der Waals surface area contributed by atoms with E-state index >= 15 is 0 Å². The number of Topliss-reactive ketones (excluding diaryl/α,β-unsaturated/α-hetero) is 1. The van der Waals surface area contributed by atoms with E-state index in [0.717, 1.165) is 6.54 Å². The molecule has 0 spiro atoms. The summed E-state index contributed by atoms with van der Waals surface area (Å²) in [5, 5.41) is 7.42. The fraction of sp³-hybridized carbons (Fsp3) is 0.143. The summed E-state index contributed by atoms with van der Waals surface area (Å²) in [6, 6.07) is 0. The van der Waals surface area contributed by atoms with E-state index in [9.17, 15) is 4.79 Å². The van der Waals surface area contributed by atoms with Crippen LogP contribution in [0.1, 0.15) is 0 Å². The second kappa shape index (κ2) is 11.7. The predicted molar refractivity (Wildman–Crippen MR) is 86.0 cm³/mol. The van der Waals surface area contributed by atoms with E-state index < -0.39 is 0 Å². The molecule has 0 saturated heterocycles. The average molecular weight is 411 g/mol. The van der Waals surface area contributed by atoms with Crippen LogP contribution < -0.4 is 11.2 Å². The first-order valence-corrected chi connectivity index (χ1v) is 6.47. The van der Waals surface area contributed by atoms with Crippen molar-refractivity contribution >= 4 is 23.6 Å². The molecule has 1 aliphatic heterocycles. The number of allylic oxidation sites excluding steroid dienone is 6. The molecule has 1 heterocycles. The van der Waals surface area contributed by atoms with E-state index in [1.807, 2.05) is 18.2 Å². The van der Waals surface area contributed by atoms with Gasteiger partial charge in [0.2, 0.25) is 5.78 Å².